The van der Waals surface area contributed by atoms with Crippen molar-refractivity contribution in [3.8, 4) is 0 Å². The Morgan fingerprint density at radius 1 is 0.975 bits per heavy atom. The van der Waals surface area contributed by atoms with Crippen molar-refractivity contribution >= 4 is 27.1 Å². The van der Waals surface area contributed by atoms with Gasteiger partial charge in [-0.2, -0.15) is 0 Å². The molecule has 1 aromatic carbocycles. The number of hydrogen-bond donors (Lipinski definition) is 3. The summed E-state index contributed by atoms with van der Waals surface area (Å²) in [5.74, 6) is 0.121. The molecule has 0 spiro atoms. The maximum atomic E-state index is 13.3. The highest BCUT2D eigenvalue weighted by Crippen LogP contribution is 2.20. The van der Waals surface area contributed by atoms with Crippen LogP contribution in [0.1, 0.15) is 32.1 Å². The first-order valence-corrected chi connectivity index (χ1v) is 15.9. The molecule has 13 heteroatoms. The Hall–Kier alpha value is -2.42. The molecule has 1 aromatic heterocycles. The van der Waals surface area contributed by atoms with Crippen LogP contribution in [0, 0.1) is 0 Å². The fourth-order valence-electron chi connectivity index (χ4n) is 4.94. The maximum absolute atomic E-state index is 13.3. The molecular formula is C27H42N6O6S. The topological polar surface area (TPSA) is 142 Å². The van der Waals surface area contributed by atoms with Crippen LogP contribution < -0.4 is 26.8 Å². The summed E-state index contributed by atoms with van der Waals surface area (Å²) >= 11 is 0. The predicted octanol–water partition coefficient (Wildman–Crippen LogP) is 0.736. The number of hydrogen-bond acceptors (Lipinski definition) is 11. The van der Waals surface area contributed by atoms with Gasteiger partial charge >= 0.3 is 0 Å². The fraction of sp³-hybridized carbons (Fsp3) is 0.667. The third-order valence-corrected chi connectivity index (χ3v) is 9.34. The Labute approximate surface area is 236 Å². The molecule has 40 heavy (non-hydrogen) atoms. The number of anilines is 3. The van der Waals surface area contributed by atoms with E-state index in [2.05, 4.69) is 25.8 Å². The van der Waals surface area contributed by atoms with Gasteiger partial charge < -0.3 is 25.4 Å². The van der Waals surface area contributed by atoms with E-state index in [-0.39, 0.29) is 17.5 Å². The van der Waals surface area contributed by atoms with Crippen molar-refractivity contribution in [2.75, 3.05) is 88.6 Å². The number of nitrogens with zero attached hydrogens (tertiary/aromatic N) is 3. The molecule has 2 aliphatic heterocycles. The van der Waals surface area contributed by atoms with Gasteiger partial charge in [-0.15, -0.1) is 0 Å². The lowest BCUT2D eigenvalue weighted by atomic mass is 10.1. The molecule has 2 saturated heterocycles. The molecule has 2 aromatic rings. The second-order valence-corrected chi connectivity index (χ2v) is 12.4. The van der Waals surface area contributed by atoms with Crippen molar-refractivity contribution in [3.05, 3.63) is 45.0 Å². The standard InChI is InChI=1S/C27H42N6O6S/c34-26-24(25(27(26)35)31-22-5-9-28-10-6-22)30-8-3-1-2-4-20-40(36,37)33(12-7-23-21-39-17-11-29-23)14-13-32-15-18-38-19-16-32/h5-6,9-10,23,29-30H,1-4,7-8,11-21H2,(H,28,31). The predicted molar refractivity (Wildman–Crippen MR) is 156 cm³/mol. The van der Waals surface area contributed by atoms with E-state index in [0.717, 1.165) is 45.3 Å². The van der Waals surface area contributed by atoms with E-state index < -0.39 is 20.9 Å². The molecule has 0 bridgehead atoms. The van der Waals surface area contributed by atoms with Gasteiger partial charge in [0, 0.05) is 69.9 Å². The Balaban J connectivity index is 1.18. The summed E-state index contributed by atoms with van der Waals surface area (Å²) in [6, 6.07) is 3.62. The van der Waals surface area contributed by atoms with Gasteiger partial charge in [0.25, 0.3) is 10.9 Å². The van der Waals surface area contributed by atoms with Crippen LogP contribution >= 0.6 is 0 Å². The van der Waals surface area contributed by atoms with Gasteiger partial charge in [0.05, 0.1) is 32.2 Å². The van der Waals surface area contributed by atoms with Crippen molar-refractivity contribution < 1.29 is 17.9 Å². The smallest absolute Gasteiger partial charge is 0.253 e. The minimum atomic E-state index is -3.39. The number of aromatic nitrogens is 1. The van der Waals surface area contributed by atoms with Crippen molar-refractivity contribution in [1.82, 2.24) is 19.5 Å². The molecule has 0 radical (unpaired) electrons. The van der Waals surface area contributed by atoms with Crippen LogP contribution in [0.3, 0.4) is 0 Å². The number of nitrogens with one attached hydrogen (secondary N) is 3. The summed E-state index contributed by atoms with van der Waals surface area (Å²) in [7, 11) is -3.39. The van der Waals surface area contributed by atoms with Gasteiger partial charge in [-0.25, -0.2) is 12.7 Å². The molecular weight excluding hydrogens is 536 g/mol. The minimum Gasteiger partial charge on any atom is -0.380 e. The monoisotopic (exact) mass is 578 g/mol. The first kappa shape index (κ1) is 30.5. The first-order chi connectivity index (χ1) is 19.4. The summed E-state index contributed by atoms with van der Waals surface area (Å²) in [4.78, 5) is 30.2. The number of rotatable bonds is 17. The minimum absolute atomic E-state index is 0.121. The third kappa shape index (κ3) is 9.05. The number of sulfonamides is 1. The Morgan fingerprint density at radius 2 is 1.73 bits per heavy atom. The zero-order valence-electron chi connectivity index (χ0n) is 23.1. The highest BCUT2D eigenvalue weighted by molar-refractivity contribution is 7.89. The van der Waals surface area contributed by atoms with Gasteiger partial charge in [-0.05, 0) is 31.4 Å². The fourth-order valence-corrected chi connectivity index (χ4v) is 6.51. The second kappa shape index (κ2) is 15.5. The highest BCUT2D eigenvalue weighted by Gasteiger charge is 2.25. The Kier molecular flexibility index (Phi) is 11.9. The van der Waals surface area contributed by atoms with Crippen LogP contribution in [0.4, 0.5) is 17.1 Å². The largest absolute Gasteiger partial charge is 0.380 e. The van der Waals surface area contributed by atoms with Crippen molar-refractivity contribution in [3.63, 3.8) is 0 Å². The van der Waals surface area contributed by atoms with E-state index in [9.17, 15) is 18.0 Å². The summed E-state index contributed by atoms with van der Waals surface area (Å²) in [5, 5.41) is 9.45. The number of ether oxygens (including phenoxy) is 2. The molecule has 3 heterocycles. The van der Waals surface area contributed by atoms with E-state index in [4.69, 9.17) is 9.47 Å². The number of pyridine rings is 1. The van der Waals surface area contributed by atoms with Gasteiger partial charge in [0.2, 0.25) is 10.0 Å². The Bertz CT molecular complexity index is 1190. The van der Waals surface area contributed by atoms with E-state index in [0.29, 0.717) is 70.4 Å². The number of unbranched alkanes of at least 4 members (excludes halogenated alkanes) is 3. The van der Waals surface area contributed by atoms with E-state index in [1.54, 1.807) is 28.8 Å². The molecule has 0 aliphatic carbocycles. The van der Waals surface area contributed by atoms with E-state index in [1.165, 1.54) is 0 Å². The normalized spacial score (nSPS) is 18.8. The summed E-state index contributed by atoms with van der Waals surface area (Å²) in [5.41, 5.74) is 0.214. The molecule has 0 amide bonds. The number of morpholine rings is 2. The van der Waals surface area contributed by atoms with Crippen LogP contribution in [0.25, 0.3) is 0 Å². The molecule has 4 rings (SSSR count). The van der Waals surface area contributed by atoms with Gasteiger partial charge in [0.15, 0.2) is 0 Å². The Morgan fingerprint density at radius 3 is 2.48 bits per heavy atom. The van der Waals surface area contributed by atoms with Gasteiger partial charge in [-0.3, -0.25) is 19.5 Å². The lowest BCUT2D eigenvalue weighted by molar-refractivity contribution is 0.0358. The summed E-state index contributed by atoms with van der Waals surface area (Å²) < 4.78 is 39.2. The average molecular weight is 579 g/mol. The molecule has 2 aliphatic rings. The summed E-state index contributed by atoms with van der Waals surface area (Å²) in [6.45, 7) is 7.35. The van der Waals surface area contributed by atoms with Gasteiger partial charge in [0.1, 0.15) is 11.4 Å². The average Bonchev–Trinajstić information content (AvgIpc) is 2.99. The van der Waals surface area contributed by atoms with Crippen LogP contribution in [-0.2, 0) is 19.5 Å². The van der Waals surface area contributed by atoms with Crippen LogP contribution in [0.2, 0.25) is 0 Å². The molecule has 1 atom stereocenters. The lowest BCUT2D eigenvalue weighted by Gasteiger charge is -2.31. The summed E-state index contributed by atoms with van der Waals surface area (Å²) in [6.07, 6.45) is 6.87. The SMILES string of the molecule is O=c1c(NCCCCCCS(=O)(=O)N(CCC2COCCN2)CCN2CCOCC2)c(Nc2ccncc2)c1=O. The maximum Gasteiger partial charge on any atom is 0.253 e. The van der Waals surface area contributed by atoms with Crippen LogP contribution in [-0.4, -0.2) is 107 Å². The quantitative estimate of drug-likeness (QED) is 0.181. The molecule has 1 unspecified atom stereocenters. The third-order valence-electron chi connectivity index (χ3n) is 7.38. The molecule has 0 saturated carbocycles. The van der Waals surface area contributed by atoms with E-state index >= 15 is 0 Å². The second-order valence-electron chi connectivity index (χ2n) is 10.3. The molecule has 2 fully saturated rings. The van der Waals surface area contributed by atoms with Crippen molar-refractivity contribution in [2.24, 2.45) is 0 Å². The van der Waals surface area contributed by atoms with Gasteiger partial charge in [-0.1, -0.05) is 12.8 Å². The van der Waals surface area contributed by atoms with Crippen molar-refractivity contribution in [2.45, 2.75) is 38.1 Å². The first-order valence-electron chi connectivity index (χ1n) is 14.3. The van der Waals surface area contributed by atoms with Crippen molar-refractivity contribution in [1.29, 1.82) is 0 Å². The van der Waals surface area contributed by atoms with Crippen LogP contribution in [0.15, 0.2) is 34.1 Å². The lowest BCUT2D eigenvalue weighted by Crippen LogP contribution is -2.46. The van der Waals surface area contributed by atoms with Crippen LogP contribution in [0.5, 0.6) is 0 Å². The zero-order chi connectivity index (χ0) is 28.2. The zero-order valence-corrected chi connectivity index (χ0v) is 23.9. The highest BCUT2D eigenvalue weighted by atomic mass is 32.2. The molecule has 3 N–H and O–H groups in total. The molecule has 12 nitrogen and oxygen atoms in total. The van der Waals surface area contributed by atoms with E-state index in [1.807, 2.05) is 0 Å². The molecule has 222 valence electrons.